The first-order valence-corrected chi connectivity index (χ1v) is 13.3. The number of benzene rings is 3. The smallest absolute Gasteiger partial charge is 0.302 e. The van der Waals surface area contributed by atoms with Crippen molar-refractivity contribution in [2.75, 3.05) is 13.2 Å². The summed E-state index contributed by atoms with van der Waals surface area (Å²) < 4.78 is 7.67. The number of hydrogen-bond acceptors (Lipinski definition) is 5. The predicted octanol–water partition coefficient (Wildman–Crippen LogP) is 7.05. The van der Waals surface area contributed by atoms with Gasteiger partial charge in [0.05, 0.1) is 12.2 Å². The molecule has 0 radical (unpaired) electrons. The van der Waals surface area contributed by atoms with E-state index in [-0.39, 0.29) is 12.5 Å². The van der Waals surface area contributed by atoms with Gasteiger partial charge in [-0.15, -0.1) is 10.2 Å². The molecule has 6 rings (SSSR count). The number of fused-ring (bicyclic) bond motifs is 4. The predicted molar refractivity (Wildman–Crippen MR) is 149 cm³/mol. The number of carbonyl (C=O) groups excluding carboxylic acids is 1. The van der Waals surface area contributed by atoms with Gasteiger partial charge >= 0.3 is 5.91 Å². The van der Waals surface area contributed by atoms with E-state index in [9.17, 15) is 9.90 Å². The van der Waals surface area contributed by atoms with Crippen LogP contribution in [0.4, 0.5) is 5.69 Å². The molecule has 7 heteroatoms. The number of ether oxygens (including phenoxy) is 1. The molecule has 0 unspecified atom stereocenters. The molecule has 38 heavy (non-hydrogen) atoms. The first kappa shape index (κ1) is 24.6. The van der Waals surface area contributed by atoms with Gasteiger partial charge in [0.2, 0.25) is 5.88 Å². The van der Waals surface area contributed by atoms with E-state index in [4.69, 9.17) is 4.74 Å². The van der Waals surface area contributed by atoms with Gasteiger partial charge in [0.15, 0.2) is 12.3 Å². The molecular weight excluding hydrogens is 476 g/mol. The van der Waals surface area contributed by atoms with Crippen molar-refractivity contribution in [3.05, 3.63) is 66.7 Å². The van der Waals surface area contributed by atoms with Crippen LogP contribution >= 0.6 is 0 Å². The van der Waals surface area contributed by atoms with Crippen LogP contribution in [0.5, 0.6) is 11.6 Å². The molecule has 2 aliphatic rings. The molecule has 1 aliphatic carbocycles. The highest BCUT2D eigenvalue weighted by molar-refractivity contribution is 5.95. The maximum atomic E-state index is 12.6. The zero-order valence-corrected chi connectivity index (χ0v) is 22.2. The lowest BCUT2D eigenvalue weighted by molar-refractivity contribution is -0.120. The van der Waals surface area contributed by atoms with Crippen LogP contribution in [0.2, 0.25) is 0 Å². The molecule has 3 aromatic carbocycles. The third kappa shape index (κ3) is 4.56. The minimum atomic E-state index is -0.516. The second-order valence-electron chi connectivity index (χ2n) is 12.1. The molecule has 1 saturated heterocycles. The second-order valence-corrected chi connectivity index (χ2v) is 12.1. The number of aromatic hydroxyl groups is 1. The Labute approximate surface area is 222 Å². The van der Waals surface area contributed by atoms with Crippen LogP contribution in [0.15, 0.2) is 77.0 Å². The fraction of sp³-hybridized carbons (Fsp3) is 0.387. The normalized spacial score (nSPS) is 23.0. The summed E-state index contributed by atoms with van der Waals surface area (Å²) in [5.41, 5.74) is 1.81. The van der Waals surface area contributed by atoms with Crippen molar-refractivity contribution in [3.63, 3.8) is 0 Å². The number of para-hydroxylation sites is 1. The van der Waals surface area contributed by atoms with Crippen molar-refractivity contribution < 1.29 is 14.6 Å². The minimum Gasteiger partial charge on any atom is -0.493 e. The van der Waals surface area contributed by atoms with Gasteiger partial charge in [-0.3, -0.25) is 14.3 Å². The van der Waals surface area contributed by atoms with Gasteiger partial charge in [-0.25, -0.2) is 0 Å². The van der Waals surface area contributed by atoms with Crippen molar-refractivity contribution in [2.45, 2.75) is 52.7 Å². The lowest BCUT2D eigenvalue weighted by Gasteiger charge is -2.40. The van der Waals surface area contributed by atoms with Crippen molar-refractivity contribution in [3.8, 4) is 11.6 Å². The molecule has 2 bridgehead atoms. The van der Waals surface area contributed by atoms with Crippen LogP contribution in [0, 0.1) is 10.8 Å². The molecule has 1 amide bonds. The summed E-state index contributed by atoms with van der Waals surface area (Å²) in [5, 5.41) is 22.1. The number of amides is 1. The van der Waals surface area contributed by atoms with Crippen molar-refractivity contribution >= 4 is 33.3 Å². The quantitative estimate of drug-likeness (QED) is 0.282. The number of aromatic nitrogens is 1. The third-order valence-corrected chi connectivity index (χ3v) is 8.13. The summed E-state index contributed by atoms with van der Waals surface area (Å²) in [4.78, 5) is 15.1. The highest BCUT2D eigenvalue weighted by Crippen LogP contribution is 2.53. The van der Waals surface area contributed by atoms with Gasteiger partial charge in [-0.2, -0.15) is 0 Å². The molecule has 0 spiro atoms. The summed E-state index contributed by atoms with van der Waals surface area (Å²) in [7, 11) is 0. The topological polar surface area (TPSA) is 79.4 Å². The van der Waals surface area contributed by atoms with Gasteiger partial charge in [-0.05, 0) is 47.6 Å². The molecular formula is C31H34N4O3. The second kappa shape index (κ2) is 9.24. The van der Waals surface area contributed by atoms with Gasteiger partial charge in [-0.1, -0.05) is 75.4 Å². The van der Waals surface area contributed by atoms with Gasteiger partial charge in [0, 0.05) is 23.4 Å². The number of carbonyl (C=O) groups is 1. The van der Waals surface area contributed by atoms with Crippen LogP contribution < -0.4 is 4.74 Å². The standard InChI is InChI=1S/C31H34N4O3/c1-30(2)15-22-16-31(3,18-30)19-34(22)20-35-25-13-7-6-12-24(25)28(29(35)37)33-32-27(36)17-38-26-14-8-10-21-9-4-5-11-23(21)26/h4-14,22,37H,15-20H2,1-3H3/t22-,31+/m0/s1. The Hall–Kier alpha value is -3.71. The maximum absolute atomic E-state index is 12.6. The summed E-state index contributed by atoms with van der Waals surface area (Å²) in [6.07, 6.45) is 3.56. The SMILES string of the molecule is CC1(C)C[C@H]2C[C@@](C)(CN2Cn2c(O)c(N=NC(=O)COc3cccc4ccccc34)c3ccccc32)C1. The van der Waals surface area contributed by atoms with Crippen LogP contribution in [0.25, 0.3) is 21.7 Å². The molecule has 2 fully saturated rings. The largest absolute Gasteiger partial charge is 0.493 e. The number of likely N-dealkylation sites (tertiary alicyclic amines) is 1. The molecule has 1 aliphatic heterocycles. The van der Waals surface area contributed by atoms with Gasteiger partial charge < -0.3 is 9.84 Å². The van der Waals surface area contributed by atoms with Crippen molar-refractivity contribution in [2.24, 2.45) is 21.1 Å². The summed E-state index contributed by atoms with van der Waals surface area (Å²) >= 11 is 0. The number of azo groups is 1. The Balaban J connectivity index is 1.22. The number of hydrogen-bond donors (Lipinski definition) is 1. The highest BCUT2D eigenvalue weighted by atomic mass is 16.5. The van der Waals surface area contributed by atoms with E-state index in [1.165, 1.54) is 12.8 Å². The summed E-state index contributed by atoms with van der Waals surface area (Å²) in [5.74, 6) is 0.139. The third-order valence-electron chi connectivity index (χ3n) is 8.13. The fourth-order valence-electron chi connectivity index (χ4n) is 7.03. The Kier molecular flexibility index (Phi) is 5.99. The fourth-order valence-corrected chi connectivity index (χ4v) is 7.03. The number of rotatable bonds is 6. The zero-order valence-electron chi connectivity index (χ0n) is 22.2. The van der Waals surface area contributed by atoms with E-state index in [1.807, 2.05) is 71.3 Å². The van der Waals surface area contributed by atoms with E-state index >= 15 is 0 Å². The number of nitrogens with zero attached hydrogens (tertiary/aromatic N) is 4. The van der Waals surface area contributed by atoms with E-state index < -0.39 is 5.91 Å². The van der Waals surface area contributed by atoms with Gasteiger partial charge in [0.1, 0.15) is 5.75 Å². The lowest BCUT2D eigenvalue weighted by Crippen LogP contribution is -2.35. The lowest BCUT2D eigenvalue weighted by atomic mass is 9.65. The molecule has 2 atom stereocenters. The highest BCUT2D eigenvalue weighted by Gasteiger charge is 2.49. The molecule has 7 nitrogen and oxygen atoms in total. The molecule has 4 aromatic rings. The van der Waals surface area contributed by atoms with Crippen LogP contribution in [0.1, 0.15) is 40.0 Å². The Morgan fingerprint density at radius 3 is 2.58 bits per heavy atom. The molecule has 2 heterocycles. The minimum absolute atomic E-state index is 0.0311. The van der Waals surface area contributed by atoms with E-state index in [1.54, 1.807) is 0 Å². The van der Waals surface area contributed by atoms with Crippen LogP contribution in [-0.4, -0.2) is 39.7 Å². The Morgan fingerprint density at radius 2 is 1.74 bits per heavy atom. The maximum Gasteiger partial charge on any atom is 0.302 e. The average molecular weight is 511 g/mol. The van der Waals surface area contributed by atoms with Crippen molar-refractivity contribution in [1.82, 2.24) is 9.47 Å². The Morgan fingerprint density at radius 1 is 1.00 bits per heavy atom. The molecule has 1 aromatic heterocycles. The monoisotopic (exact) mass is 510 g/mol. The zero-order chi connectivity index (χ0) is 26.5. The summed E-state index contributed by atoms with van der Waals surface area (Å²) in [6, 6.07) is 21.8. The van der Waals surface area contributed by atoms with E-state index in [2.05, 4.69) is 35.9 Å². The van der Waals surface area contributed by atoms with Crippen molar-refractivity contribution in [1.29, 1.82) is 0 Å². The van der Waals surface area contributed by atoms with E-state index in [0.717, 1.165) is 34.6 Å². The first-order valence-electron chi connectivity index (χ1n) is 13.3. The molecule has 1 saturated carbocycles. The average Bonchev–Trinajstić information content (AvgIpc) is 3.29. The Bertz CT molecular complexity index is 1550. The van der Waals surface area contributed by atoms with Crippen LogP contribution in [0.3, 0.4) is 0 Å². The van der Waals surface area contributed by atoms with Gasteiger partial charge in [0.25, 0.3) is 0 Å². The first-order chi connectivity index (χ1) is 18.2. The molecule has 1 N–H and O–H groups in total. The van der Waals surface area contributed by atoms with E-state index in [0.29, 0.717) is 35.0 Å². The molecule has 196 valence electrons. The van der Waals surface area contributed by atoms with Crippen LogP contribution in [-0.2, 0) is 11.5 Å². The summed E-state index contributed by atoms with van der Waals surface area (Å²) in [6.45, 7) is 8.47.